The van der Waals surface area contributed by atoms with Crippen molar-refractivity contribution in [3.63, 3.8) is 0 Å². The van der Waals surface area contributed by atoms with Crippen LogP contribution in [0.4, 0.5) is 0 Å². The summed E-state index contributed by atoms with van der Waals surface area (Å²) in [6, 6.07) is 9.91. The maximum atomic E-state index is 11.4. The van der Waals surface area contributed by atoms with Crippen LogP contribution in [0.3, 0.4) is 0 Å². The molecule has 0 saturated heterocycles. The highest BCUT2D eigenvalue weighted by Gasteiger charge is 2.22. The monoisotopic (exact) mass is 243 g/mol. The summed E-state index contributed by atoms with van der Waals surface area (Å²) < 4.78 is 1.37. The van der Waals surface area contributed by atoms with Crippen LogP contribution >= 0.6 is 11.8 Å². The zero-order valence-corrected chi connectivity index (χ0v) is 9.72. The molecule has 0 bridgehead atoms. The van der Waals surface area contributed by atoms with Gasteiger partial charge in [0.05, 0.1) is 5.75 Å². The molecule has 0 unspecified atom stereocenters. The third-order valence-electron chi connectivity index (χ3n) is 2.38. The molecule has 4 nitrogen and oxygen atoms in total. The molecule has 17 heavy (non-hydrogen) atoms. The van der Waals surface area contributed by atoms with E-state index >= 15 is 0 Å². The second-order valence-corrected chi connectivity index (χ2v) is 4.53. The van der Waals surface area contributed by atoms with Crippen LogP contribution in [0.1, 0.15) is 16.2 Å². The molecule has 3 rings (SSSR count). The Bertz CT molecular complexity index is 589. The molecule has 1 aromatic carbocycles. The Balaban J connectivity index is 1.85. The highest BCUT2D eigenvalue weighted by atomic mass is 32.2. The number of benzene rings is 1. The van der Waals surface area contributed by atoms with Gasteiger partial charge in [-0.05, 0) is 11.6 Å². The van der Waals surface area contributed by atoms with Crippen molar-refractivity contribution in [2.75, 3.05) is 5.75 Å². The van der Waals surface area contributed by atoms with E-state index in [9.17, 15) is 4.79 Å². The van der Waals surface area contributed by atoms with Gasteiger partial charge in [-0.15, -0.1) is 5.10 Å². The second kappa shape index (κ2) is 4.18. The summed E-state index contributed by atoms with van der Waals surface area (Å²) in [6.45, 7) is 0. The average Bonchev–Trinajstić information content (AvgIpc) is 2.91. The molecular weight excluding hydrogens is 234 g/mol. The van der Waals surface area contributed by atoms with Crippen LogP contribution in [0.5, 0.6) is 0 Å². The fraction of sp³-hybridized carbons (Fsp3) is 0.0833. The van der Waals surface area contributed by atoms with E-state index in [-0.39, 0.29) is 5.91 Å². The lowest BCUT2D eigenvalue weighted by molar-refractivity contribution is 0.0923. The van der Waals surface area contributed by atoms with Crippen molar-refractivity contribution in [3.05, 3.63) is 41.7 Å². The maximum absolute atomic E-state index is 11.4. The first-order chi connectivity index (χ1) is 8.33. The lowest BCUT2D eigenvalue weighted by Crippen LogP contribution is -2.08. The van der Waals surface area contributed by atoms with Gasteiger partial charge in [0.2, 0.25) is 0 Å². The quantitative estimate of drug-likeness (QED) is 0.811. The molecule has 0 fully saturated rings. The Hall–Kier alpha value is -1.88. The van der Waals surface area contributed by atoms with Crippen LogP contribution in [0, 0.1) is 0 Å². The Morgan fingerprint density at radius 1 is 1.24 bits per heavy atom. The standard InChI is InChI=1S/C12H9N3OS/c16-11-8-17-12-13-10(14-15(11)12)7-6-9-4-2-1-3-5-9/h1-7H,8H2/b7-6+. The summed E-state index contributed by atoms with van der Waals surface area (Å²) in [5.41, 5.74) is 1.08. The molecule has 0 saturated carbocycles. The molecule has 84 valence electrons. The minimum absolute atomic E-state index is 0.00291. The lowest BCUT2D eigenvalue weighted by Gasteiger charge is -1.89. The van der Waals surface area contributed by atoms with Crippen LogP contribution in [-0.4, -0.2) is 26.4 Å². The first kappa shape index (κ1) is 10.3. The highest BCUT2D eigenvalue weighted by Crippen LogP contribution is 2.23. The summed E-state index contributed by atoms with van der Waals surface area (Å²) in [6.07, 6.45) is 3.74. The second-order valence-electron chi connectivity index (χ2n) is 3.59. The average molecular weight is 243 g/mol. The zero-order valence-electron chi connectivity index (χ0n) is 8.91. The van der Waals surface area contributed by atoms with E-state index in [0.29, 0.717) is 16.7 Å². The van der Waals surface area contributed by atoms with Crippen LogP contribution in [-0.2, 0) is 0 Å². The van der Waals surface area contributed by atoms with Gasteiger partial charge in [-0.2, -0.15) is 4.68 Å². The van der Waals surface area contributed by atoms with Crippen molar-refractivity contribution in [1.29, 1.82) is 0 Å². The first-order valence-electron chi connectivity index (χ1n) is 5.19. The highest BCUT2D eigenvalue weighted by molar-refractivity contribution is 8.00. The van der Waals surface area contributed by atoms with Crippen molar-refractivity contribution < 1.29 is 4.79 Å². The van der Waals surface area contributed by atoms with E-state index in [1.54, 1.807) is 0 Å². The third kappa shape index (κ3) is 2.01. The Kier molecular flexibility index (Phi) is 2.53. The van der Waals surface area contributed by atoms with Gasteiger partial charge in [0.25, 0.3) is 5.91 Å². The van der Waals surface area contributed by atoms with Gasteiger partial charge in [-0.1, -0.05) is 48.2 Å². The maximum Gasteiger partial charge on any atom is 0.259 e. The molecule has 0 atom stereocenters. The van der Waals surface area contributed by atoms with E-state index < -0.39 is 0 Å². The van der Waals surface area contributed by atoms with Crippen molar-refractivity contribution in [3.8, 4) is 0 Å². The molecule has 0 N–H and O–H groups in total. The van der Waals surface area contributed by atoms with Gasteiger partial charge < -0.3 is 0 Å². The number of rotatable bonds is 2. The normalized spacial score (nSPS) is 14.5. The molecule has 5 heteroatoms. The van der Waals surface area contributed by atoms with E-state index in [4.69, 9.17) is 0 Å². The number of hydrogen-bond donors (Lipinski definition) is 0. The first-order valence-corrected chi connectivity index (χ1v) is 6.18. The number of carbonyl (C=O) groups excluding carboxylic acids is 1. The zero-order chi connectivity index (χ0) is 11.7. The topological polar surface area (TPSA) is 47.8 Å². The predicted octanol–water partition coefficient (Wildman–Crippen LogP) is 2.19. The summed E-state index contributed by atoms with van der Waals surface area (Å²) >= 11 is 1.42. The molecule has 0 amide bonds. The molecule has 1 aromatic heterocycles. The van der Waals surface area contributed by atoms with Gasteiger partial charge in [0.1, 0.15) is 0 Å². The van der Waals surface area contributed by atoms with Crippen molar-refractivity contribution in [1.82, 2.24) is 14.8 Å². The molecule has 0 radical (unpaired) electrons. The van der Waals surface area contributed by atoms with Crippen LogP contribution in [0.25, 0.3) is 12.2 Å². The molecule has 2 heterocycles. The third-order valence-corrected chi connectivity index (χ3v) is 3.29. The van der Waals surface area contributed by atoms with Crippen LogP contribution in [0.2, 0.25) is 0 Å². The predicted molar refractivity (Wildman–Crippen MR) is 66.7 cm³/mol. The van der Waals surface area contributed by atoms with E-state index in [1.807, 2.05) is 42.5 Å². The minimum atomic E-state index is -0.00291. The van der Waals surface area contributed by atoms with E-state index in [1.165, 1.54) is 16.4 Å². The Morgan fingerprint density at radius 3 is 2.82 bits per heavy atom. The smallest absolute Gasteiger partial charge is 0.259 e. The summed E-state index contributed by atoms with van der Waals surface area (Å²) in [7, 11) is 0. The molecule has 0 aliphatic carbocycles. The number of fused-ring (bicyclic) bond motifs is 1. The lowest BCUT2D eigenvalue weighted by atomic mass is 10.2. The summed E-state index contributed by atoms with van der Waals surface area (Å²) in [5, 5.41) is 4.82. The number of thioether (sulfide) groups is 1. The summed E-state index contributed by atoms with van der Waals surface area (Å²) in [4.78, 5) is 15.6. The van der Waals surface area contributed by atoms with Crippen LogP contribution < -0.4 is 0 Å². The minimum Gasteiger partial charge on any atom is -0.271 e. The van der Waals surface area contributed by atoms with Gasteiger partial charge in [0.15, 0.2) is 11.0 Å². The van der Waals surface area contributed by atoms with Gasteiger partial charge in [0, 0.05) is 0 Å². The number of nitrogens with zero attached hydrogens (tertiary/aromatic N) is 3. The SMILES string of the molecule is O=C1CSc2nc(/C=C/c3ccccc3)nn21. The van der Waals surface area contributed by atoms with E-state index in [2.05, 4.69) is 10.1 Å². The molecule has 2 aromatic rings. The number of carbonyl (C=O) groups is 1. The van der Waals surface area contributed by atoms with Gasteiger partial charge >= 0.3 is 0 Å². The number of hydrogen-bond acceptors (Lipinski definition) is 4. The van der Waals surface area contributed by atoms with Crippen molar-refractivity contribution in [2.45, 2.75) is 5.16 Å². The molecule has 1 aliphatic heterocycles. The fourth-order valence-corrected chi connectivity index (χ4v) is 2.36. The fourth-order valence-electron chi connectivity index (χ4n) is 1.56. The molecular formula is C12H9N3OS. The Labute approximate surface area is 102 Å². The Morgan fingerprint density at radius 2 is 2.06 bits per heavy atom. The summed E-state index contributed by atoms with van der Waals surface area (Å²) in [5.74, 6) is 1.01. The number of aromatic nitrogens is 3. The van der Waals surface area contributed by atoms with Gasteiger partial charge in [-0.3, -0.25) is 4.79 Å². The van der Waals surface area contributed by atoms with E-state index in [0.717, 1.165) is 5.56 Å². The molecule has 1 aliphatic rings. The molecule has 0 spiro atoms. The van der Waals surface area contributed by atoms with Crippen molar-refractivity contribution >= 4 is 29.8 Å². The van der Waals surface area contributed by atoms with Crippen molar-refractivity contribution in [2.24, 2.45) is 0 Å². The largest absolute Gasteiger partial charge is 0.271 e. The van der Waals surface area contributed by atoms with Gasteiger partial charge in [-0.25, -0.2) is 4.98 Å². The van der Waals surface area contributed by atoms with Crippen LogP contribution in [0.15, 0.2) is 35.5 Å².